The van der Waals surface area contributed by atoms with Crippen molar-refractivity contribution < 1.29 is 83.1 Å². The van der Waals surface area contributed by atoms with Crippen molar-refractivity contribution >= 4 is 53.0 Å². The number of hydrogen-bond acceptors (Lipinski definition) is 16. The fraction of sp³-hybridized carbons (Fsp3) is 0.708. The third-order valence-corrected chi connectivity index (χ3v) is 24.9. The normalized spacial score (nSPS) is 47.3. The van der Waals surface area contributed by atoms with Gasteiger partial charge in [0.1, 0.15) is 0 Å². The van der Waals surface area contributed by atoms with Crippen molar-refractivity contribution in [2.75, 3.05) is 19.8 Å². The molecule has 454 valence electrons. The second-order valence-corrected chi connectivity index (χ2v) is 28.1. The van der Waals surface area contributed by atoms with Gasteiger partial charge in [-0.15, -0.1) is 0 Å². The van der Waals surface area contributed by atoms with Crippen molar-refractivity contribution in [1.29, 1.82) is 0 Å². The molecule has 9 fully saturated rings. The molecular formula is C65H85ClO17. The minimum Gasteiger partial charge on any atom is -0.479 e. The fourth-order valence-electron chi connectivity index (χ4n) is 20.8. The molecule has 12 rings (SSSR count). The van der Waals surface area contributed by atoms with E-state index in [1.54, 1.807) is 43.4 Å². The van der Waals surface area contributed by atoms with Crippen LogP contribution in [0.25, 0.3) is 0 Å². The van der Waals surface area contributed by atoms with E-state index in [2.05, 4.69) is 20.8 Å². The van der Waals surface area contributed by atoms with Crippen LogP contribution in [0.2, 0.25) is 0 Å². The summed E-state index contributed by atoms with van der Waals surface area (Å²) >= 11 is 5.70. The zero-order valence-electron chi connectivity index (χ0n) is 49.2. The number of ketones is 3. The number of carboxylic acids is 1. The third kappa shape index (κ3) is 8.93. The SMILES string of the molecule is CC12C=CC(=O)C=C1CCC1C2C(O)CC2(C)C1CC[C@]2(O)C(=O)O.CCOC(=O)O[C@]1(C(=O)OCCl)CCC2C3CCC4=CC(=O)C=CC4(C)C3C(O)CC21C.COC(=O)[C@@]1(O)CCC2C3CCC4=CC(=O)C=CC4(C)C3C(O)CC21C. The molecule has 0 aromatic carbocycles. The Labute approximate surface area is 491 Å². The number of carboxylic acid groups (broad SMARTS) is 1. The number of ether oxygens (including phenoxy) is 4. The number of alkyl halides is 1. The maximum atomic E-state index is 13.2. The number of aliphatic carboxylic acids is 1. The summed E-state index contributed by atoms with van der Waals surface area (Å²) in [7, 11) is 1.31. The molecule has 0 saturated heterocycles. The molecule has 0 aliphatic heterocycles. The Morgan fingerprint density at radius 2 is 0.928 bits per heavy atom. The summed E-state index contributed by atoms with van der Waals surface area (Å²) in [5.74, 6) is -1.84. The molecular weight excluding hydrogens is 1090 g/mol. The van der Waals surface area contributed by atoms with Gasteiger partial charge in [-0.05, 0) is 175 Å². The quantitative estimate of drug-likeness (QED) is 0.0831. The van der Waals surface area contributed by atoms with Crippen molar-refractivity contribution in [3.63, 3.8) is 0 Å². The van der Waals surface area contributed by atoms with Gasteiger partial charge in [-0.3, -0.25) is 14.4 Å². The fourth-order valence-corrected chi connectivity index (χ4v) is 20.9. The number of aliphatic hydroxyl groups is 5. The van der Waals surface area contributed by atoms with Crippen LogP contribution in [0.4, 0.5) is 4.79 Å². The van der Waals surface area contributed by atoms with Gasteiger partial charge in [0.25, 0.3) is 0 Å². The van der Waals surface area contributed by atoms with Gasteiger partial charge < -0.3 is 49.6 Å². The predicted molar refractivity (Wildman–Crippen MR) is 301 cm³/mol. The molecule has 0 heterocycles. The maximum Gasteiger partial charge on any atom is 0.509 e. The lowest BCUT2D eigenvalue weighted by molar-refractivity contribution is -0.199. The molecule has 12 aliphatic carbocycles. The first kappa shape index (κ1) is 61.3. The van der Waals surface area contributed by atoms with E-state index in [1.165, 1.54) is 7.11 Å². The molecule has 18 unspecified atom stereocenters. The number of carbonyl (C=O) groups is 7. The highest BCUT2D eigenvalue weighted by Gasteiger charge is 2.73. The van der Waals surface area contributed by atoms with Crippen molar-refractivity contribution in [2.45, 2.75) is 180 Å². The van der Waals surface area contributed by atoms with Gasteiger partial charge >= 0.3 is 24.1 Å². The first-order valence-electron chi connectivity index (χ1n) is 30.2. The van der Waals surface area contributed by atoms with Crippen molar-refractivity contribution in [3.8, 4) is 0 Å². The highest BCUT2D eigenvalue weighted by Crippen LogP contribution is 2.71. The Kier molecular flexibility index (Phi) is 15.7. The second-order valence-electron chi connectivity index (χ2n) is 27.9. The molecule has 0 amide bonds. The van der Waals surface area contributed by atoms with Crippen molar-refractivity contribution in [1.82, 2.24) is 0 Å². The lowest BCUT2D eigenvalue weighted by Crippen LogP contribution is -2.62. The number of fused-ring (bicyclic) bond motifs is 15. The van der Waals surface area contributed by atoms with E-state index in [0.717, 1.165) is 61.7 Å². The van der Waals surface area contributed by atoms with Crippen LogP contribution in [0, 0.1) is 85.8 Å². The van der Waals surface area contributed by atoms with E-state index >= 15 is 0 Å². The first-order chi connectivity index (χ1) is 38.9. The molecule has 18 heteroatoms. The van der Waals surface area contributed by atoms with Crippen LogP contribution in [0.5, 0.6) is 0 Å². The molecule has 6 N–H and O–H groups in total. The number of hydrogen-bond donors (Lipinski definition) is 6. The number of rotatable bonds is 6. The highest BCUT2D eigenvalue weighted by molar-refractivity contribution is 6.17. The second kappa shape index (κ2) is 21.3. The van der Waals surface area contributed by atoms with Crippen molar-refractivity contribution in [3.05, 3.63) is 71.4 Å². The largest absolute Gasteiger partial charge is 0.509 e. The molecule has 0 aromatic heterocycles. The average molecular weight is 1170 g/mol. The molecule has 12 aliphatic rings. The molecule has 0 aromatic rings. The monoisotopic (exact) mass is 1170 g/mol. The zero-order valence-corrected chi connectivity index (χ0v) is 50.0. The van der Waals surface area contributed by atoms with E-state index in [-0.39, 0.29) is 120 Å². The number of aliphatic hydroxyl groups excluding tert-OH is 3. The van der Waals surface area contributed by atoms with Gasteiger partial charge in [0, 0.05) is 50.2 Å². The van der Waals surface area contributed by atoms with Crippen LogP contribution >= 0.6 is 11.6 Å². The summed E-state index contributed by atoms with van der Waals surface area (Å²) in [5, 5.41) is 65.4. The smallest absolute Gasteiger partial charge is 0.479 e. The Balaban J connectivity index is 0.000000140. The van der Waals surface area contributed by atoms with E-state index in [4.69, 9.17) is 30.5 Å². The van der Waals surface area contributed by atoms with Gasteiger partial charge in [0.2, 0.25) is 5.60 Å². The van der Waals surface area contributed by atoms with E-state index in [9.17, 15) is 64.2 Å². The van der Waals surface area contributed by atoms with Crippen LogP contribution in [0.3, 0.4) is 0 Å². The van der Waals surface area contributed by atoms with E-state index < -0.39 is 80.8 Å². The number of halogens is 1. The highest BCUT2D eigenvalue weighted by atomic mass is 35.5. The Hall–Kier alpha value is -4.78. The summed E-state index contributed by atoms with van der Waals surface area (Å²) in [6.07, 6.45) is 21.6. The number of allylic oxidation sites excluding steroid dienone is 12. The predicted octanol–water partition coefficient (Wildman–Crippen LogP) is 8.17. The number of carbonyl (C=O) groups excluding carboxylic acids is 6. The van der Waals surface area contributed by atoms with Gasteiger partial charge in [-0.1, -0.05) is 88.1 Å². The average Bonchev–Trinajstić information content (AvgIpc) is 1.74. The standard InChI is InChI=1S/C24H31ClO7.C21H28O5.C20H26O5/c1-4-30-21(29)32-24(20(28)31-13-25)10-8-17-16-6-5-14-11-15(26)7-9-22(14,2)19(16)18(27)12-23(17,24)3;1-19-8-6-13(22)10-12(19)4-5-14-15-7-9-21(25,18(24)26-3)20(15,2)11-16(23)17(14)19;1-18-7-5-12(21)9-11(18)3-4-13-14-6-8-20(25,17(23)24)19(14,2)10-15(22)16(13)18/h7,9,11,16-19,27H,4-6,8,10,12-13H2,1-3H3;6,8,10,14-17,23,25H,4-5,7,9,11H2,1-3H3;5,7,9,13-16,22,25H,3-4,6,8,10H2,1-2H3,(H,23,24)/t16?,17?,18?,19?,22?,23?,24-;14?,15?,16?,17?,19?,20?,21-;13?,14?,15?,16?,18?,19?,20-/m000/s1. The van der Waals surface area contributed by atoms with Gasteiger partial charge in [0.05, 0.1) is 32.0 Å². The summed E-state index contributed by atoms with van der Waals surface area (Å²) < 4.78 is 20.8. The third-order valence-electron chi connectivity index (χ3n) is 24.8. The van der Waals surface area contributed by atoms with Crippen LogP contribution in [0.1, 0.15) is 145 Å². The van der Waals surface area contributed by atoms with E-state index in [0.29, 0.717) is 25.7 Å². The van der Waals surface area contributed by atoms with Crippen LogP contribution in [-0.4, -0.2) is 127 Å². The Morgan fingerprint density at radius 3 is 1.31 bits per heavy atom. The molecule has 0 radical (unpaired) electrons. The maximum absolute atomic E-state index is 13.2. The molecule has 0 bridgehead atoms. The minimum absolute atomic E-state index is 0.00202. The van der Waals surface area contributed by atoms with Gasteiger partial charge in [-0.2, -0.15) is 0 Å². The Morgan fingerprint density at radius 1 is 0.554 bits per heavy atom. The van der Waals surface area contributed by atoms with Crippen LogP contribution in [-0.2, 0) is 47.7 Å². The van der Waals surface area contributed by atoms with Crippen molar-refractivity contribution in [2.24, 2.45) is 85.8 Å². The number of methoxy groups -OCH3 is 1. The topological polar surface area (TPSA) is 278 Å². The lowest BCUT2D eigenvalue weighted by Gasteiger charge is -2.59. The first-order valence-corrected chi connectivity index (χ1v) is 30.7. The zero-order chi connectivity index (χ0) is 60.4. The molecule has 21 atom stereocenters. The lowest BCUT2D eigenvalue weighted by atomic mass is 9.46. The number of esters is 2. The summed E-state index contributed by atoms with van der Waals surface area (Å²) in [6, 6.07) is -0.354. The molecule has 17 nitrogen and oxygen atoms in total. The molecule has 9 saturated carbocycles. The summed E-state index contributed by atoms with van der Waals surface area (Å²) in [6.45, 7) is 13.8. The molecule has 0 spiro atoms. The van der Waals surface area contributed by atoms with E-state index in [1.807, 2.05) is 39.0 Å². The van der Waals surface area contributed by atoms with Crippen LogP contribution in [0.15, 0.2) is 71.4 Å². The summed E-state index contributed by atoms with van der Waals surface area (Å²) in [5.41, 5.74) is -5.07. The van der Waals surface area contributed by atoms with Gasteiger partial charge in [-0.25, -0.2) is 19.2 Å². The summed E-state index contributed by atoms with van der Waals surface area (Å²) in [4.78, 5) is 85.3. The molecule has 83 heavy (non-hydrogen) atoms. The van der Waals surface area contributed by atoms with Crippen LogP contribution < -0.4 is 0 Å². The Bertz CT molecular complexity index is 2920. The van der Waals surface area contributed by atoms with Gasteiger partial charge in [0.15, 0.2) is 34.6 Å². The minimum atomic E-state index is -1.76.